The monoisotopic (exact) mass is 406 g/mol. The lowest BCUT2D eigenvalue weighted by Gasteiger charge is -2.15. The first-order chi connectivity index (χ1) is 13.3. The quantitative estimate of drug-likeness (QED) is 0.645. The molecule has 3 aromatic rings. The molecule has 1 aliphatic rings. The van der Waals surface area contributed by atoms with Crippen LogP contribution in [-0.2, 0) is 12.6 Å². The molecule has 0 radical (unpaired) electrons. The van der Waals surface area contributed by atoms with Crippen LogP contribution in [0.3, 0.4) is 0 Å². The topological polar surface area (TPSA) is 33.1 Å². The number of anilines is 2. The van der Waals surface area contributed by atoms with E-state index in [2.05, 4.69) is 10.4 Å². The van der Waals surface area contributed by atoms with Gasteiger partial charge in [-0.2, -0.15) is 18.3 Å². The van der Waals surface area contributed by atoms with Crippen LogP contribution in [0.25, 0.3) is 16.9 Å². The molecule has 1 aliphatic heterocycles. The summed E-state index contributed by atoms with van der Waals surface area (Å²) in [7, 11) is 3.90. The van der Waals surface area contributed by atoms with Gasteiger partial charge in [0.15, 0.2) is 0 Å². The Labute approximate surface area is 165 Å². The van der Waals surface area contributed by atoms with Gasteiger partial charge in [-0.3, -0.25) is 0 Å². The second-order valence-electron chi connectivity index (χ2n) is 6.86. The van der Waals surface area contributed by atoms with E-state index in [1.807, 2.05) is 43.3 Å². The standard InChI is InChI=1S/C20H18ClF3N4/c1-27(2)14-6-3-12(4-7-14)18-15-9-10-25-19(15)28(26-18)17-8-5-13(21)11-16(17)20(22,23)24/h3-8,11,25H,9-10H2,1-2H3. The highest BCUT2D eigenvalue weighted by Crippen LogP contribution is 2.40. The number of alkyl halides is 3. The van der Waals surface area contributed by atoms with Crippen LogP contribution >= 0.6 is 11.6 Å². The Bertz CT molecular complexity index is 1020. The molecule has 0 fully saturated rings. The summed E-state index contributed by atoms with van der Waals surface area (Å²) in [5.74, 6) is 0.597. The summed E-state index contributed by atoms with van der Waals surface area (Å²) in [5, 5.41) is 7.75. The molecule has 0 saturated heterocycles. The highest BCUT2D eigenvalue weighted by Gasteiger charge is 2.36. The first kappa shape index (κ1) is 18.7. The normalized spacial score (nSPS) is 13.4. The Kier molecular flexibility index (Phi) is 4.50. The van der Waals surface area contributed by atoms with E-state index in [4.69, 9.17) is 11.6 Å². The van der Waals surface area contributed by atoms with E-state index >= 15 is 0 Å². The van der Waals surface area contributed by atoms with Crippen molar-refractivity contribution in [1.29, 1.82) is 0 Å². The maximum absolute atomic E-state index is 13.6. The molecule has 0 aliphatic carbocycles. The van der Waals surface area contributed by atoms with Gasteiger partial charge in [-0.25, -0.2) is 4.68 Å². The van der Waals surface area contributed by atoms with Crippen LogP contribution < -0.4 is 10.2 Å². The smallest absolute Gasteiger partial charge is 0.378 e. The van der Waals surface area contributed by atoms with Gasteiger partial charge in [0.2, 0.25) is 0 Å². The number of nitrogens with zero attached hydrogens (tertiary/aromatic N) is 3. The summed E-state index contributed by atoms with van der Waals surface area (Å²) in [6, 6.07) is 11.5. The van der Waals surface area contributed by atoms with Crippen molar-refractivity contribution < 1.29 is 13.2 Å². The number of halogens is 4. The lowest BCUT2D eigenvalue weighted by Crippen LogP contribution is -2.13. The largest absolute Gasteiger partial charge is 0.418 e. The summed E-state index contributed by atoms with van der Waals surface area (Å²) in [6.07, 6.45) is -3.83. The predicted molar refractivity (Wildman–Crippen MR) is 106 cm³/mol. The minimum Gasteiger partial charge on any atom is -0.378 e. The molecule has 28 heavy (non-hydrogen) atoms. The minimum atomic E-state index is -4.54. The molecular formula is C20H18ClF3N4. The van der Waals surface area contributed by atoms with Crippen molar-refractivity contribution in [2.24, 2.45) is 0 Å². The van der Waals surface area contributed by atoms with Crippen molar-refractivity contribution in [3.63, 3.8) is 0 Å². The first-order valence-electron chi connectivity index (χ1n) is 8.76. The Balaban J connectivity index is 1.87. The van der Waals surface area contributed by atoms with E-state index in [-0.39, 0.29) is 10.7 Å². The van der Waals surface area contributed by atoms with E-state index in [0.29, 0.717) is 24.5 Å². The van der Waals surface area contributed by atoms with Crippen molar-refractivity contribution in [1.82, 2.24) is 9.78 Å². The maximum Gasteiger partial charge on any atom is 0.418 e. The summed E-state index contributed by atoms with van der Waals surface area (Å²) < 4.78 is 42.1. The third kappa shape index (κ3) is 3.20. The fraction of sp³-hybridized carbons (Fsp3) is 0.250. The fourth-order valence-corrected chi connectivity index (χ4v) is 3.59. The van der Waals surface area contributed by atoms with Gasteiger partial charge >= 0.3 is 6.18 Å². The molecule has 4 rings (SSSR count). The van der Waals surface area contributed by atoms with Gasteiger partial charge in [-0.1, -0.05) is 23.7 Å². The minimum absolute atomic E-state index is 0.0346. The highest BCUT2D eigenvalue weighted by molar-refractivity contribution is 6.30. The van der Waals surface area contributed by atoms with E-state index in [1.165, 1.54) is 16.8 Å². The molecule has 2 heterocycles. The zero-order chi connectivity index (χ0) is 20.1. The molecule has 0 saturated carbocycles. The van der Waals surface area contributed by atoms with E-state index in [0.717, 1.165) is 22.9 Å². The van der Waals surface area contributed by atoms with Crippen LogP contribution in [0, 0.1) is 0 Å². The second-order valence-corrected chi connectivity index (χ2v) is 7.30. The lowest BCUT2D eigenvalue weighted by molar-refractivity contribution is -0.137. The number of rotatable bonds is 3. The molecule has 4 nitrogen and oxygen atoms in total. The van der Waals surface area contributed by atoms with Crippen molar-refractivity contribution in [2.45, 2.75) is 12.6 Å². The number of nitrogens with one attached hydrogen (secondary N) is 1. The van der Waals surface area contributed by atoms with Gasteiger partial charge in [-0.15, -0.1) is 0 Å². The molecule has 146 valence electrons. The summed E-state index contributed by atoms with van der Waals surface area (Å²) in [6.45, 7) is 0.658. The number of fused-ring (bicyclic) bond motifs is 1. The Morgan fingerprint density at radius 1 is 1.11 bits per heavy atom. The Morgan fingerprint density at radius 3 is 2.46 bits per heavy atom. The molecule has 0 bridgehead atoms. The van der Waals surface area contributed by atoms with E-state index in [1.54, 1.807) is 0 Å². The predicted octanol–water partition coefficient (Wildman–Crippen LogP) is 5.25. The van der Waals surface area contributed by atoms with Crippen molar-refractivity contribution in [3.05, 3.63) is 58.6 Å². The molecule has 1 aromatic heterocycles. The third-order valence-corrected chi connectivity index (χ3v) is 5.04. The lowest BCUT2D eigenvalue weighted by atomic mass is 10.1. The summed E-state index contributed by atoms with van der Waals surface area (Å²) in [5.41, 5.74) is 2.66. The molecular weight excluding hydrogens is 389 g/mol. The zero-order valence-corrected chi connectivity index (χ0v) is 16.1. The van der Waals surface area contributed by atoms with Crippen LogP contribution in [0.2, 0.25) is 5.02 Å². The van der Waals surface area contributed by atoms with Crippen molar-refractivity contribution in [2.75, 3.05) is 30.9 Å². The average molecular weight is 407 g/mol. The molecule has 1 N–H and O–H groups in total. The molecule has 0 atom stereocenters. The number of hydrogen-bond acceptors (Lipinski definition) is 3. The molecule has 2 aromatic carbocycles. The average Bonchev–Trinajstić information content (AvgIpc) is 3.24. The number of hydrogen-bond donors (Lipinski definition) is 1. The Hall–Kier alpha value is -2.67. The molecule has 0 spiro atoms. The first-order valence-corrected chi connectivity index (χ1v) is 9.14. The van der Waals surface area contributed by atoms with Crippen molar-refractivity contribution >= 4 is 23.1 Å². The van der Waals surface area contributed by atoms with E-state index in [9.17, 15) is 13.2 Å². The van der Waals surface area contributed by atoms with Gasteiger partial charge in [0, 0.05) is 42.5 Å². The van der Waals surface area contributed by atoms with Crippen LogP contribution in [0.4, 0.5) is 24.7 Å². The number of aromatic nitrogens is 2. The second kappa shape index (κ2) is 6.74. The maximum atomic E-state index is 13.6. The van der Waals surface area contributed by atoms with E-state index < -0.39 is 11.7 Å². The van der Waals surface area contributed by atoms with Crippen LogP contribution in [0.1, 0.15) is 11.1 Å². The Morgan fingerprint density at radius 2 is 1.82 bits per heavy atom. The number of benzene rings is 2. The van der Waals surface area contributed by atoms with Gasteiger partial charge in [-0.05, 0) is 36.8 Å². The van der Waals surface area contributed by atoms with Crippen molar-refractivity contribution in [3.8, 4) is 16.9 Å². The van der Waals surface area contributed by atoms with Gasteiger partial charge in [0.1, 0.15) is 5.82 Å². The molecule has 0 amide bonds. The van der Waals surface area contributed by atoms with Crippen LogP contribution in [-0.4, -0.2) is 30.4 Å². The van der Waals surface area contributed by atoms with Gasteiger partial charge < -0.3 is 10.2 Å². The van der Waals surface area contributed by atoms with Crippen LogP contribution in [0.15, 0.2) is 42.5 Å². The molecule has 0 unspecified atom stereocenters. The SMILES string of the molecule is CN(C)c1ccc(-c2nn(-c3ccc(Cl)cc3C(F)(F)F)c3c2CCN3)cc1. The van der Waals surface area contributed by atoms with Gasteiger partial charge in [0.25, 0.3) is 0 Å². The van der Waals surface area contributed by atoms with Gasteiger partial charge in [0.05, 0.1) is 16.9 Å². The summed E-state index contributed by atoms with van der Waals surface area (Å²) >= 11 is 5.82. The zero-order valence-electron chi connectivity index (χ0n) is 15.3. The van der Waals surface area contributed by atoms with Crippen LogP contribution in [0.5, 0.6) is 0 Å². The molecule has 8 heteroatoms. The highest BCUT2D eigenvalue weighted by atomic mass is 35.5. The summed E-state index contributed by atoms with van der Waals surface area (Å²) in [4.78, 5) is 1.98. The third-order valence-electron chi connectivity index (χ3n) is 4.80. The fourth-order valence-electron chi connectivity index (χ4n) is 3.42.